The van der Waals surface area contributed by atoms with E-state index >= 15 is 0 Å². The van der Waals surface area contributed by atoms with Crippen molar-refractivity contribution in [2.24, 2.45) is 0 Å². The summed E-state index contributed by atoms with van der Waals surface area (Å²) in [6.07, 6.45) is 6.06. The Hall–Kier alpha value is -2.80. The largest absolute Gasteiger partial charge is 0.372 e. The first kappa shape index (κ1) is 20.5. The van der Waals surface area contributed by atoms with Gasteiger partial charge in [0.15, 0.2) is 0 Å². The van der Waals surface area contributed by atoms with Gasteiger partial charge in [0.1, 0.15) is 0 Å². The zero-order valence-corrected chi connectivity index (χ0v) is 18.1. The molecule has 7 nitrogen and oxygen atoms in total. The lowest BCUT2D eigenvalue weighted by atomic mass is 10.1. The molecule has 1 aromatic carbocycles. The molecule has 4 rings (SSSR count). The maximum Gasteiger partial charge on any atom is 0.344 e. The first-order valence-electron chi connectivity index (χ1n) is 10.8. The molecule has 2 aliphatic rings. The topological polar surface area (TPSA) is 47.9 Å². The fraction of sp³-hybridized carbons (Fsp3) is 0.478. The van der Waals surface area contributed by atoms with Crippen molar-refractivity contribution in [3.05, 3.63) is 54.5 Å². The van der Waals surface area contributed by atoms with Crippen LogP contribution < -0.4 is 9.80 Å². The van der Waals surface area contributed by atoms with Crippen LogP contribution in [0.4, 0.5) is 16.2 Å². The van der Waals surface area contributed by atoms with Gasteiger partial charge in [-0.3, -0.25) is 4.90 Å². The van der Waals surface area contributed by atoms with Crippen LogP contribution in [0.15, 0.2) is 48.9 Å². The van der Waals surface area contributed by atoms with Crippen LogP contribution in [-0.4, -0.2) is 71.9 Å². The molecular formula is C23H32N6O. The molecule has 160 valence electrons. The summed E-state index contributed by atoms with van der Waals surface area (Å²) in [5.74, 6) is 0. The van der Waals surface area contributed by atoms with Crippen molar-refractivity contribution in [2.45, 2.75) is 26.3 Å². The quantitative estimate of drug-likeness (QED) is 0.760. The van der Waals surface area contributed by atoms with Crippen molar-refractivity contribution in [1.82, 2.24) is 19.6 Å². The van der Waals surface area contributed by atoms with E-state index in [0.29, 0.717) is 0 Å². The van der Waals surface area contributed by atoms with Gasteiger partial charge in [-0.1, -0.05) is 18.7 Å². The third-order valence-corrected chi connectivity index (χ3v) is 6.16. The van der Waals surface area contributed by atoms with Crippen LogP contribution in [0.2, 0.25) is 0 Å². The normalized spacial score (nSPS) is 17.4. The van der Waals surface area contributed by atoms with Crippen LogP contribution in [0.5, 0.6) is 0 Å². The van der Waals surface area contributed by atoms with Gasteiger partial charge in [-0.2, -0.15) is 9.78 Å². The Bertz CT molecular complexity index is 893. The number of nitrogens with zero attached hydrogens (tertiary/aromatic N) is 6. The lowest BCUT2D eigenvalue weighted by molar-refractivity contribution is 0.134. The molecule has 7 heteroatoms. The molecular weight excluding hydrogens is 376 g/mol. The van der Waals surface area contributed by atoms with Crippen molar-refractivity contribution in [1.29, 1.82) is 0 Å². The summed E-state index contributed by atoms with van der Waals surface area (Å²) >= 11 is 0. The average Bonchev–Trinajstić information content (AvgIpc) is 3.46. The number of benzene rings is 1. The minimum Gasteiger partial charge on any atom is -0.372 e. The molecule has 2 fully saturated rings. The molecule has 2 saturated heterocycles. The number of piperazine rings is 1. The van der Waals surface area contributed by atoms with Gasteiger partial charge in [-0.15, -0.1) is 0 Å². The summed E-state index contributed by atoms with van der Waals surface area (Å²) in [6.45, 7) is 12.3. The molecule has 0 saturated carbocycles. The highest BCUT2D eigenvalue weighted by Gasteiger charge is 2.23. The Balaban J connectivity index is 1.31. The standard InChI is InChI=1S/C23H32N6O/c1-19(2)25(3)22-16-24-29(18-22)23(30)28-13-11-26(12-14-28)17-20-7-6-8-21(15-20)27-9-4-5-10-27/h6-8,15-16,18H,1,4-5,9-14,17H2,2-3H3. The van der Waals surface area contributed by atoms with Crippen molar-refractivity contribution in [3.63, 3.8) is 0 Å². The van der Waals surface area contributed by atoms with Crippen LogP contribution >= 0.6 is 0 Å². The molecule has 0 unspecified atom stereocenters. The van der Waals surface area contributed by atoms with Gasteiger partial charge in [-0.05, 0) is 37.5 Å². The van der Waals surface area contributed by atoms with Gasteiger partial charge in [0.2, 0.25) is 0 Å². The first-order valence-corrected chi connectivity index (χ1v) is 10.8. The predicted molar refractivity (Wildman–Crippen MR) is 121 cm³/mol. The number of amides is 1. The van der Waals surface area contributed by atoms with Gasteiger partial charge < -0.3 is 14.7 Å². The van der Waals surface area contributed by atoms with Crippen LogP contribution in [-0.2, 0) is 6.54 Å². The van der Waals surface area contributed by atoms with E-state index in [1.807, 2.05) is 23.8 Å². The van der Waals surface area contributed by atoms with Gasteiger partial charge in [0, 0.05) is 64.2 Å². The second-order valence-corrected chi connectivity index (χ2v) is 8.35. The van der Waals surface area contributed by atoms with E-state index in [-0.39, 0.29) is 6.03 Å². The van der Waals surface area contributed by atoms with Crippen LogP contribution in [0.3, 0.4) is 0 Å². The van der Waals surface area contributed by atoms with Crippen LogP contribution in [0.1, 0.15) is 25.3 Å². The molecule has 0 radical (unpaired) electrons. The third kappa shape index (κ3) is 4.51. The summed E-state index contributed by atoms with van der Waals surface area (Å²) in [7, 11) is 1.92. The molecule has 2 aromatic rings. The SMILES string of the molecule is C=C(C)N(C)c1cnn(C(=O)N2CCN(Cc3cccc(N4CCCC4)c3)CC2)c1. The van der Waals surface area contributed by atoms with E-state index in [9.17, 15) is 4.79 Å². The Morgan fingerprint density at radius 3 is 2.57 bits per heavy atom. The minimum absolute atomic E-state index is 0.0629. The van der Waals surface area contributed by atoms with Crippen molar-refractivity contribution in [2.75, 3.05) is 56.1 Å². The lowest BCUT2D eigenvalue weighted by Gasteiger charge is -2.34. The Kier molecular flexibility index (Phi) is 6.08. The smallest absolute Gasteiger partial charge is 0.344 e. The fourth-order valence-corrected chi connectivity index (χ4v) is 4.14. The second kappa shape index (κ2) is 8.92. The molecule has 0 bridgehead atoms. The number of rotatable bonds is 5. The molecule has 2 aliphatic heterocycles. The summed E-state index contributed by atoms with van der Waals surface area (Å²) in [5.41, 5.74) is 4.46. The van der Waals surface area contributed by atoms with Crippen molar-refractivity contribution in [3.8, 4) is 0 Å². The molecule has 0 atom stereocenters. The van der Waals surface area contributed by atoms with E-state index in [0.717, 1.165) is 44.1 Å². The van der Waals surface area contributed by atoms with Crippen LogP contribution in [0, 0.1) is 0 Å². The highest BCUT2D eigenvalue weighted by molar-refractivity contribution is 5.77. The van der Waals surface area contributed by atoms with Crippen LogP contribution in [0.25, 0.3) is 0 Å². The maximum absolute atomic E-state index is 12.8. The third-order valence-electron chi connectivity index (χ3n) is 6.16. The maximum atomic E-state index is 12.8. The summed E-state index contributed by atoms with van der Waals surface area (Å²) in [4.78, 5) is 21.5. The molecule has 0 spiro atoms. The number of hydrogen-bond acceptors (Lipinski definition) is 5. The fourth-order valence-electron chi connectivity index (χ4n) is 4.14. The second-order valence-electron chi connectivity index (χ2n) is 8.35. The Morgan fingerprint density at radius 1 is 1.13 bits per heavy atom. The zero-order valence-electron chi connectivity index (χ0n) is 18.1. The van der Waals surface area contributed by atoms with E-state index in [1.54, 1.807) is 12.4 Å². The zero-order chi connectivity index (χ0) is 21.1. The summed E-state index contributed by atoms with van der Waals surface area (Å²) in [5, 5.41) is 4.25. The van der Waals surface area contributed by atoms with Gasteiger partial charge >= 0.3 is 6.03 Å². The Labute approximate surface area is 179 Å². The molecule has 1 aromatic heterocycles. The number of carbonyl (C=O) groups is 1. The number of aromatic nitrogens is 2. The highest BCUT2D eigenvalue weighted by atomic mass is 16.2. The van der Waals surface area contributed by atoms with E-state index in [4.69, 9.17) is 0 Å². The van der Waals surface area contributed by atoms with E-state index in [2.05, 4.69) is 45.7 Å². The summed E-state index contributed by atoms with van der Waals surface area (Å²) < 4.78 is 1.43. The number of anilines is 2. The van der Waals surface area contributed by atoms with Crippen molar-refractivity contribution < 1.29 is 4.79 Å². The monoisotopic (exact) mass is 408 g/mol. The van der Waals surface area contributed by atoms with Crippen molar-refractivity contribution >= 4 is 17.4 Å². The number of allylic oxidation sites excluding steroid dienone is 1. The first-order chi connectivity index (χ1) is 14.5. The highest BCUT2D eigenvalue weighted by Crippen LogP contribution is 2.22. The summed E-state index contributed by atoms with van der Waals surface area (Å²) in [6, 6.07) is 8.86. The Morgan fingerprint density at radius 2 is 1.87 bits per heavy atom. The van der Waals surface area contributed by atoms with Gasteiger partial charge in [0.05, 0.1) is 18.1 Å². The number of hydrogen-bond donors (Lipinski definition) is 0. The molecule has 0 aliphatic carbocycles. The molecule has 30 heavy (non-hydrogen) atoms. The lowest BCUT2D eigenvalue weighted by Crippen LogP contribution is -2.49. The van der Waals surface area contributed by atoms with E-state index < -0.39 is 0 Å². The molecule has 3 heterocycles. The molecule has 0 N–H and O–H groups in total. The number of carbonyl (C=O) groups excluding carboxylic acids is 1. The van der Waals surface area contributed by atoms with E-state index in [1.165, 1.54) is 41.9 Å². The average molecular weight is 409 g/mol. The predicted octanol–water partition coefficient (Wildman–Crippen LogP) is 3.24. The van der Waals surface area contributed by atoms with Gasteiger partial charge in [-0.25, -0.2) is 4.79 Å². The molecule has 1 amide bonds. The van der Waals surface area contributed by atoms with Gasteiger partial charge in [0.25, 0.3) is 0 Å². The minimum atomic E-state index is -0.0629.